The fraction of sp³-hybridized carbons (Fsp3) is 0.895. The van der Waals surface area contributed by atoms with Crippen molar-refractivity contribution in [3.05, 3.63) is 0 Å². The normalized spacial score (nSPS) is 13.7. The minimum atomic E-state index is 0.219. The zero-order valence-corrected chi connectivity index (χ0v) is 16.4. The first kappa shape index (κ1) is 21.9. The molecule has 0 heterocycles. The summed E-state index contributed by atoms with van der Waals surface area (Å²) in [5, 5.41) is 0. The summed E-state index contributed by atoms with van der Waals surface area (Å²) < 4.78 is 0. The molecular weight excluding hydrogens is 288 g/mol. The number of unbranched alkanes of at least 4 members (excludes halogenated alkanes) is 1. The van der Waals surface area contributed by atoms with E-state index in [1.54, 1.807) is 0 Å². The van der Waals surface area contributed by atoms with Crippen molar-refractivity contribution in [2.45, 2.75) is 105 Å². The molecule has 0 aliphatic carbocycles. The van der Waals surface area contributed by atoms with Crippen LogP contribution in [0.1, 0.15) is 87.0 Å². The molecule has 0 rings (SSSR count). The number of carbonyl (C=O) groups is 2. The Bertz CT molecular complexity index is 355. The van der Waals surface area contributed by atoms with Crippen LogP contribution >= 0.6 is 0 Å². The van der Waals surface area contributed by atoms with Gasteiger partial charge in [-0.25, -0.2) is 0 Å². The van der Waals surface area contributed by atoms with Crippen LogP contribution in [0.5, 0.6) is 0 Å². The smallest absolute Gasteiger partial charge is 0.223 e. The standard InChI is InChI=1S/C19H38N2O2/c1-8-16(6)20(10-3)18(22)13-11-12-14-19(23)21(15(4)5)17(7)9-2/h15-17H,8-14H2,1-7H3. The predicted octanol–water partition coefficient (Wildman–Crippen LogP) is 4.23. The Balaban J connectivity index is 4.29. The molecule has 2 atom stereocenters. The van der Waals surface area contributed by atoms with Crippen LogP contribution in [-0.2, 0) is 9.59 Å². The first-order valence-corrected chi connectivity index (χ1v) is 9.40. The lowest BCUT2D eigenvalue weighted by molar-refractivity contribution is -0.136. The van der Waals surface area contributed by atoms with E-state index in [9.17, 15) is 9.59 Å². The van der Waals surface area contributed by atoms with Crippen molar-refractivity contribution in [3.8, 4) is 0 Å². The molecule has 0 bridgehead atoms. The van der Waals surface area contributed by atoms with Crippen LogP contribution < -0.4 is 0 Å². The van der Waals surface area contributed by atoms with Gasteiger partial charge in [-0.1, -0.05) is 13.8 Å². The van der Waals surface area contributed by atoms with Crippen molar-refractivity contribution >= 4 is 11.8 Å². The van der Waals surface area contributed by atoms with Gasteiger partial charge < -0.3 is 9.80 Å². The van der Waals surface area contributed by atoms with Crippen LogP contribution in [0.15, 0.2) is 0 Å². The number of amides is 2. The molecule has 2 unspecified atom stereocenters. The number of rotatable bonds is 11. The Hall–Kier alpha value is -1.06. The molecule has 0 aromatic heterocycles. The van der Waals surface area contributed by atoms with Crippen LogP contribution in [0.25, 0.3) is 0 Å². The van der Waals surface area contributed by atoms with Crippen molar-refractivity contribution in [1.29, 1.82) is 0 Å². The second-order valence-corrected chi connectivity index (χ2v) is 6.80. The van der Waals surface area contributed by atoms with Gasteiger partial charge in [0.15, 0.2) is 0 Å². The van der Waals surface area contributed by atoms with Gasteiger partial charge in [0.2, 0.25) is 11.8 Å². The Labute approximate surface area is 143 Å². The van der Waals surface area contributed by atoms with Crippen molar-refractivity contribution in [2.24, 2.45) is 0 Å². The summed E-state index contributed by atoms with van der Waals surface area (Å²) >= 11 is 0. The Kier molecular flexibility index (Phi) is 10.9. The summed E-state index contributed by atoms with van der Waals surface area (Å²) in [4.78, 5) is 28.6. The number of carbonyl (C=O) groups excluding carboxylic acids is 2. The van der Waals surface area contributed by atoms with E-state index < -0.39 is 0 Å². The Morgan fingerprint density at radius 2 is 1.26 bits per heavy atom. The highest BCUT2D eigenvalue weighted by Crippen LogP contribution is 2.14. The van der Waals surface area contributed by atoms with Gasteiger partial charge in [0, 0.05) is 37.5 Å². The molecule has 0 aromatic carbocycles. The van der Waals surface area contributed by atoms with Gasteiger partial charge in [0.1, 0.15) is 0 Å². The van der Waals surface area contributed by atoms with Crippen LogP contribution in [0.4, 0.5) is 0 Å². The second-order valence-electron chi connectivity index (χ2n) is 6.80. The summed E-state index contributed by atoms with van der Waals surface area (Å²) in [5.41, 5.74) is 0. The molecular formula is C19H38N2O2. The lowest BCUT2D eigenvalue weighted by Gasteiger charge is -2.32. The van der Waals surface area contributed by atoms with E-state index in [1.807, 2.05) is 16.7 Å². The van der Waals surface area contributed by atoms with Gasteiger partial charge in [0.25, 0.3) is 0 Å². The molecule has 4 nitrogen and oxygen atoms in total. The predicted molar refractivity (Wildman–Crippen MR) is 97.3 cm³/mol. The first-order valence-electron chi connectivity index (χ1n) is 9.40. The Morgan fingerprint density at radius 3 is 1.65 bits per heavy atom. The molecule has 2 amide bonds. The molecule has 23 heavy (non-hydrogen) atoms. The monoisotopic (exact) mass is 326 g/mol. The minimum absolute atomic E-state index is 0.219. The zero-order chi connectivity index (χ0) is 18.0. The zero-order valence-electron chi connectivity index (χ0n) is 16.4. The van der Waals surface area contributed by atoms with Gasteiger partial charge in [0.05, 0.1) is 0 Å². The van der Waals surface area contributed by atoms with Crippen LogP contribution in [0.3, 0.4) is 0 Å². The maximum atomic E-state index is 12.4. The van der Waals surface area contributed by atoms with E-state index in [2.05, 4.69) is 41.5 Å². The Morgan fingerprint density at radius 1 is 0.783 bits per heavy atom. The van der Waals surface area contributed by atoms with Gasteiger partial charge in [-0.2, -0.15) is 0 Å². The molecule has 0 fully saturated rings. The third kappa shape index (κ3) is 7.36. The number of hydrogen-bond acceptors (Lipinski definition) is 2. The van der Waals surface area contributed by atoms with Gasteiger partial charge in [-0.3, -0.25) is 9.59 Å². The molecule has 0 aromatic rings. The molecule has 0 aliphatic rings. The maximum Gasteiger partial charge on any atom is 0.223 e. The molecule has 0 spiro atoms. The summed E-state index contributed by atoms with van der Waals surface area (Å²) in [7, 11) is 0. The topological polar surface area (TPSA) is 40.6 Å². The average molecular weight is 327 g/mol. The lowest BCUT2D eigenvalue weighted by Crippen LogP contribution is -2.43. The third-order valence-corrected chi connectivity index (χ3v) is 4.73. The summed E-state index contributed by atoms with van der Waals surface area (Å²) in [6, 6.07) is 0.821. The van der Waals surface area contributed by atoms with E-state index in [4.69, 9.17) is 0 Å². The fourth-order valence-electron chi connectivity index (χ4n) is 3.02. The molecule has 136 valence electrons. The van der Waals surface area contributed by atoms with Gasteiger partial charge in [-0.05, 0) is 60.3 Å². The summed E-state index contributed by atoms with van der Waals surface area (Å²) in [6.45, 7) is 15.3. The highest BCUT2D eigenvalue weighted by Gasteiger charge is 2.21. The minimum Gasteiger partial charge on any atom is -0.340 e. The molecule has 0 saturated carbocycles. The van der Waals surface area contributed by atoms with Gasteiger partial charge in [-0.15, -0.1) is 0 Å². The quantitative estimate of drug-likeness (QED) is 0.533. The van der Waals surface area contributed by atoms with Crippen molar-refractivity contribution in [1.82, 2.24) is 9.80 Å². The second kappa shape index (κ2) is 11.5. The number of nitrogens with zero attached hydrogens (tertiary/aromatic N) is 2. The SMILES string of the molecule is CCC(C)N(CC)C(=O)CCCCC(=O)N(C(C)C)C(C)CC. The van der Waals surface area contributed by atoms with Crippen molar-refractivity contribution in [2.75, 3.05) is 6.54 Å². The average Bonchev–Trinajstić information content (AvgIpc) is 2.51. The number of hydrogen-bond donors (Lipinski definition) is 0. The molecule has 0 N–H and O–H groups in total. The van der Waals surface area contributed by atoms with E-state index in [1.165, 1.54) is 0 Å². The van der Waals surface area contributed by atoms with E-state index in [-0.39, 0.29) is 23.9 Å². The largest absolute Gasteiger partial charge is 0.340 e. The lowest BCUT2D eigenvalue weighted by atomic mass is 10.1. The summed E-state index contributed by atoms with van der Waals surface area (Å²) in [5.74, 6) is 0.438. The summed E-state index contributed by atoms with van der Waals surface area (Å²) in [6.07, 6.45) is 4.65. The molecule has 0 radical (unpaired) electrons. The van der Waals surface area contributed by atoms with Crippen LogP contribution in [-0.4, -0.2) is 46.3 Å². The van der Waals surface area contributed by atoms with Crippen molar-refractivity contribution in [3.63, 3.8) is 0 Å². The van der Waals surface area contributed by atoms with Crippen LogP contribution in [0.2, 0.25) is 0 Å². The maximum absolute atomic E-state index is 12.4. The highest BCUT2D eigenvalue weighted by atomic mass is 16.2. The fourth-order valence-corrected chi connectivity index (χ4v) is 3.02. The highest BCUT2D eigenvalue weighted by molar-refractivity contribution is 5.77. The first-order chi connectivity index (χ1) is 10.8. The molecule has 0 aliphatic heterocycles. The van der Waals surface area contributed by atoms with Crippen LogP contribution in [0, 0.1) is 0 Å². The molecule has 4 heteroatoms. The van der Waals surface area contributed by atoms with E-state index >= 15 is 0 Å². The molecule has 0 saturated heterocycles. The van der Waals surface area contributed by atoms with E-state index in [0.29, 0.717) is 18.9 Å². The van der Waals surface area contributed by atoms with E-state index in [0.717, 1.165) is 32.2 Å². The third-order valence-electron chi connectivity index (χ3n) is 4.73. The van der Waals surface area contributed by atoms with Crippen molar-refractivity contribution < 1.29 is 9.59 Å². The van der Waals surface area contributed by atoms with Gasteiger partial charge >= 0.3 is 0 Å².